The topological polar surface area (TPSA) is 91.7 Å². The van der Waals surface area contributed by atoms with Gasteiger partial charge in [-0.25, -0.2) is 4.79 Å². The minimum atomic E-state index is -1.25. The van der Waals surface area contributed by atoms with E-state index in [0.29, 0.717) is 22.8 Å². The molecule has 142 valence electrons. The van der Waals surface area contributed by atoms with Crippen LogP contribution < -0.4 is 10.6 Å². The van der Waals surface area contributed by atoms with Gasteiger partial charge in [0.25, 0.3) is 5.91 Å². The molecule has 0 bridgehead atoms. The van der Waals surface area contributed by atoms with E-state index in [1.54, 1.807) is 26.8 Å². The molecule has 2 aromatic rings. The van der Waals surface area contributed by atoms with Crippen LogP contribution in [0.5, 0.6) is 0 Å². The summed E-state index contributed by atoms with van der Waals surface area (Å²) in [5.74, 6) is 0.297. The fraction of sp³-hybridized carbons (Fsp3) is 0.350. The van der Waals surface area contributed by atoms with Crippen molar-refractivity contribution in [1.29, 1.82) is 0 Å². The van der Waals surface area contributed by atoms with Crippen LogP contribution in [0.1, 0.15) is 35.1 Å². The van der Waals surface area contributed by atoms with Crippen molar-refractivity contribution >= 4 is 23.5 Å². The minimum Gasteiger partial charge on any atom is -0.466 e. The molecule has 0 saturated carbocycles. The van der Waals surface area contributed by atoms with Gasteiger partial charge in [-0.05, 0) is 57.9 Å². The third kappa shape index (κ3) is 3.32. The van der Waals surface area contributed by atoms with Crippen LogP contribution in [0.25, 0.3) is 0 Å². The number of hydrogen-bond acceptors (Lipinski definition) is 4. The Balaban J connectivity index is 1.78. The number of carbonyl (C=O) groups is 3. The van der Waals surface area contributed by atoms with E-state index in [1.165, 1.54) is 0 Å². The Labute approximate surface area is 157 Å². The summed E-state index contributed by atoms with van der Waals surface area (Å²) in [7, 11) is 0. The molecule has 1 atom stereocenters. The zero-order valence-corrected chi connectivity index (χ0v) is 16.1. The molecule has 7 nitrogen and oxygen atoms in total. The van der Waals surface area contributed by atoms with Crippen molar-refractivity contribution < 1.29 is 18.8 Å². The molecule has 7 heteroatoms. The highest BCUT2D eigenvalue weighted by atomic mass is 16.3. The average Bonchev–Trinajstić information content (AvgIpc) is 3.03. The van der Waals surface area contributed by atoms with Crippen molar-refractivity contribution in [2.24, 2.45) is 0 Å². The Bertz CT molecular complexity index is 947. The summed E-state index contributed by atoms with van der Waals surface area (Å²) < 4.78 is 5.49. The molecule has 0 aliphatic carbocycles. The maximum absolute atomic E-state index is 12.9. The van der Waals surface area contributed by atoms with Gasteiger partial charge in [-0.15, -0.1) is 0 Å². The zero-order chi connectivity index (χ0) is 19.9. The number of amides is 4. The molecule has 1 aromatic carbocycles. The molecular weight excluding hydrogens is 346 g/mol. The van der Waals surface area contributed by atoms with Crippen LogP contribution in [-0.2, 0) is 15.1 Å². The molecule has 1 saturated heterocycles. The quantitative estimate of drug-likeness (QED) is 0.811. The summed E-state index contributed by atoms with van der Waals surface area (Å²) in [4.78, 5) is 38.7. The number of urea groups is 1. The summed E-state index contributed by atoms with van der Waals surface area (Å²) in [6, 6.07) is 6.83. The van der Waals surface area contributed by atoms with Crippen molar-refractivity contribution in [3.63, 3.8) is 0 Å². The lowest BCUT2D eigenvalue weighted by molar-refractivity contribution is -0.133. The van der Waals surface area contributed by atoms with Gasteiger partial charge in [-0.2, -0.15) is 0 Å². The third-order valence-corrected chi connectivity index (χ3v) is 4.82. The van der Waals surface area contributed by atoms with Crippen LogP contribution in [0, 0.1) is 27.7 Å². The van der Waals surface area contributed by atoms with E-state index in [1.807, 2.05) is 32.0 Å². The standard InChI is InChI=1S/C20H23N3O4/c1-11-6-7-12(2)16(8-11)21-17(24)10-23-18(25)20(5,22-19(23)26)15-9-13(3)27-14(15)4/h6-9H,10H2,1-5H3,(H,21,24)(H,22,26)/t20-/m1/s1. The Hall–Kier alpha value is -3.09. The smallest absolute Gasteiger partial charge is 0.325 e. The fourth-order valence-corrected chi connectivity index (χ4v) is 3.35. The Morgan fingerprint density at radius 3 is 2.52 bits per heavy atom. The van der Waals surface area contributed by atoms with E-state index in [0.717, 1.165) is 16.0 Å². The van der Waals surface area contributed by atoms with Gasteiger partial charge < -0.3 is 15.1 Å². The number of imide groups is 1. The first-order chi connectivity index (χ1) is 12.6. The molecule has 27 heavy (non-hydrogen) atoms. The number of anilines is 1. The maximum atomic E-state index is 12.9. The maximum Gasteiger partial charge on any atom is 0.325 e. The van der Waals surface area contributed by atoms with Crippen LogP contribution in [0.2, 0.25) is 0 Å². The molecule has 1 aliphatic rings. The summed E-state index contributed by atoms with van der Waals surface area (Å²) >= 11 is 0. The summed E-state index contributed by atoms with van der Waals surface area (Å²) in [6.07, 6.45) is 0. The van der Waals surface area contributed by atoms with Crippen LogP contribution in [-0.4, -0.2) is 29.3 Å². The van der Waals surface area contributed by atoms with E-state index >= 15 is 0 Å². The van der Waals surface area contributed by atoms with Gasteiger partial charge in [0.1, 0.15) is 23.6 Å². The Kier molecular flexibility index (Phi) is 4.55. The lowest BCUT2D eigenvalue weighted by Crippen LogP contribution is -2.42. The average molecular weight is 369 g/mol. The molecule has 4 amide bonds. The van der Waals surface area contributed by atoms with Gasteiger partial charge in [-0.1, -0.05) is 12.1 Å². The zero-order valence-electron chi connectivity index (χ0n) is 16.1. The minimum absolute atomic E-state index is 0.358. The number of benzene rings is 1. The summed E-state index contributed by atoms with van der Waals surface area (Å²) in [5, 5.41) is 5.46. The number of rotatable bonds is 4. The molecule has 0 radical (unpaired) electrons. The van der Waals surface area contributed by atoms with Gasteiger partial charge in [0, 0.05) is 11.3 Å². The van der Waals surface area contributed by atoms with E-state index in [-0.39, 0.29) is 6.54 Å². The molecular formula is C20H23N3O4. The second kappa shape index (κ2) is 6.57. The second-order valence-electron chi connectivity index (χ2n) is 7.14. The van der Waals surface area contributed by atoms with Crippen molar-refractivity contribution in [1.82, 2.24) is 10.2 Å². The van der Waals surface area contributed by atoms with Crippen molar-refractivity contribution in [2.75, 3.05) is 11.9 Å². The number of hydrogen-bond donors (Lipinski definition) is 2. The van der Waals surface area contributed by atoms with E-state index < -0.39 is 23.4 Å². The lowest BCUT2D eigenvalue weighted by Gasteiger charge is -2.21. The van der Waals surface area contributed by atoms with Crippen LogP contribution in [0.15, 0.2) is 28.7 Å². The van der Waals surface area contributed by atoms with Crippen LogP contribution >= 0.6 is 0 Å². The Morgan fingerprint density at radius 1 is 1.19 bits per heavy atom. The largest absolute Gasteiger partial charge is 0.466 e. The number of nitrogens with zero attached hydrogens (tertiary/aromatic N) is 1. The van der Waals surface area contributed by atoms with Gasteiger partial charge in [0.15, 0.2) is 0 Å². The molecule has 1 fully saturated rings. The third-order valence-electron chi connectivity index (χ3n) is 4.82. The van der Waals surface area contributed by atoms with Gasteiger partial charge in [0.2, 0.25) is 5.91 Å². The SMILES string of the molecule is Cc1ccc(C)c(NC(=O)CN2C(=O)N[C@](C)(c3cc(C)oc3C)C2=O)c1. The first-order valence-electron chi connectivity index (χ1n) is 8.70. The van der Waals surface area contributed by atoms with Gasteiger partial charge in [-0.3, -0.25) is 14.5 Å². The molecule has 1 aliphatic heterocycles. The first kappa shape index (κ1) is 18.7. The van der Waals surface area contributed by atoms with E-state index in [4.69, 9.17) is 4.42 Å². The van der Waals surface area contributed by atoms with Gasteiger partial charge in [0.05, 0.1) is 0 Å². The fourth-order valence-electron chi connectivity index (χ4n) is 3.35. The predicted octanol–water partition coefficient (Wildman–Crippen LogP) is 2.92. The van der Waals surface area contributed by atoms with Crippen molar-refractivity contribution in [3.8, 4) is 0 Å². The molecule has 0 unspecified atom stereocenters. The lowest BCUT2D eigenvalue weighted by atomic mass is 9.92. The number of aryl methyl sites for hydroxylation is 4. The summed E-state index contributed by atoms with van der Waals surface area (Å²) in [5.41, 5.74) is 1.91. The van der Waals surface area contributed by atoms with Gasteiger partial charge >= 0.3 is 6.03 Å². The van der Waals surface area contributed by atoms with Crippen LogP contribution in [0.4, 0.5) is 10.5 Å². The number of nitrogens with one attached hydrogen (secondary N) is 2. The van der Waals surface area contributed by atoms with Crippen molar-refractivity contribution in [2.45, 2.75) is 40.2 Å². The van der Waals surface area contributed by atoms with Crippen molar-refractivity contribution in [3.05, 3.63) is 52.5 Å². The van der Waals surface area contributed by atoms with E-state index in [2.05, 4.69) is 10.6 Å². The molecule has 2 N–H and O–H groups in total. The number of carbonyl (C=O) groups excluding carboxylic acids is 3. The predicted molar refractivity (Wildman–Crippen MR) is 100 cm³/mol. The monoisotopic (exact) mass is 369 g/mol. The molecule has 0 spiro atoms. The van der Waals surface area contributed by atoms with E-state index in [9.17, 15) is 14.4 Å². The highest BCUT2D eigenvalue weighted by Crippen LogP contribution is 2.32. The molecule has 2 heterocycles. The highest BCUT2D eigenvalue weighted by molar-refractivity contribution is 6.10. The number of furan rings is 1. The Morgan fingerprint density at radius 2 is 1.89 bits per heavy atom. The normalized spacial score (nSPS) is 19.4. The molecule has 1 aromatic heterocycles. The second-order valence-corrected chi connectivity index (χ2v) is 7.14. The molecule has 3 rings (SSSR count). The van der Waals surface area contributed by atoms with Crippen LogP contribution in [0.3, 0.4) is 0 Å². The first-order valence-corrected chi connectivity index (χ1v) is 8.70. The summed E-state index contributed by atoms with van der Waals surface area (Å²) in [6.45, 7) is 8.58. The highest BCUT2D eigenvalue weighted by Gasteiger charge is 2.51.